The molecule has 2 amide bonds. The first kappa shape index (κ1) is 14.0. The lowest BCUT2D eigenvalue weighted by Crippen LogP contribution is -2.15. The van der Waals surface area contributed by atoms with Crippen molar-refractivity contribution in [1.82, 2.24) is 0 Å². The SMILES string of the molecule is NC(=O)c1cc(NC(=O)c2ccc(F)cc2)ccc1Cl. The molecule has 0 heterocycles. The minimum atomic E-state index is -0.687. The van der Waals surface area contributed by atoms with E-state index in [0.29, 0.717) is 11.3 Å². The summed E-state index contributed by atoms with van der Waals surface area (Å²) < 4.78 is 12.8. The molecule has 0 aliphatic rings. The Bertz CT molecular complexity index is 671. The highest BCUT2D eigenvalue weighted by atomic mass is 35.5. The number of nitrogens with one attached hydrogen (secondary N) is 1. The van der Waals surface area contributed by atoms with E-state index in [1.807, 2.05) is 0 Å². The molecule has 102 valence electrons. The van der Waals surface area contributed by atoms with Crippen LogP contribution in [0.5, 0.6) is 0 Å². The molecule has 0 unspecified atom stereocenters. The van der Waals surface area contributed by atoms with E-state index in [1.165, 1.54) is 42.5 Å². The molecule has 0 saturated heterocycles. The summed E-state index contributed by atoms with van der Waals surface area (Å²) in [7, 11) is 0. The highest BCUT2D eigenvalue weighted by Crippen LogP contribution is 2.20. The first-order valence-electron chi connectivity index (χ1n) is 5.63. The number of amides is 2. The second kappa shape index (κ2) is 5.71. The third kappa shape index (κ3) is 3.13. The molecule has 0 aliphatic carbocycles. The molecule has 2 aromatic carbocycles. The standard InChI is InChI=1S/C14H10ClFN2O2/c15-12-6-5-10(7-11(12)13(17)19)18-14(20)8-1-3-9(16)4-2-8/h1-7H,(H2,17,19)(H,18,20). The summed E-state index contributed by atoms with van der Waals surface area (Å²) in [5, 5.41) is 2.78. The van der Waals surface area contributed by atoms with Gasteiger partial charge in [-0.15, -0.1) is 0 Å². The van der Waals surface area contributed by atoms with Crippen LogP contribution in [-0.4, -0.2) is 11.8 Å². The van der Waals surface area contributed by atoms with Crippen molar-refractivity contribution in [2.75, 3.05) is 5.32 Å². The smallest absolute Gasteiger partial charge is 0.255 e. The normalized spacial score (nSPS) is 10.1. The van der Waals surface area contributed by atoms with Gasteiger partial charge in [-0.1, -0.05) is 11.6 Å². The summed E-state index contributed by atoms with van der Waals surface area (Å²) >= 11 is 5.81. The lowest BCUT2D eigenvalue weighted by atomic mass is 10.1. The first-order valence-corrected chi connectivity index (χ1v) is 6.01. The van der Waals surface area contributed by atoms with Gasteiger partial charge in [0.05, 0.1) is 10.6 Å². The Hall–Kier alpha value is -2.40. The lowest BCUT2D eigenvalue weighted by Gasteiger charge is -2.07. The number of anilines is 1. The molecule has 0 radical (unpaired) electrons. The fraction of sp³-hybridized carbons (Fsp3) is 0. The molecule has 0 saturated carbocycles. The molecule has 0 aliphatic heterocycles. The van der Waals surface area contributed by atoms with Crippen LogP contribution in [-0.2, 0) is 0 Å². The van der Waals surface area contributed by atoms with Crippen molar-refractivity contribution < 1.29 is 14.0 Å². The minimum absolute atomic E-state index is 0.114. The Kier molecular flexibility index (Phi) is 4.00. The van der Waals surface area contributed by atoms with Gasteiger partial charge >= 0.3 is 0 Å². The van der Waals surface area contributed by atoms with E-state index >= 15 is 0 Å². The van der Waals surface area contributed by atoms with Crippen molar-refractivity contribution in [2.45, 2.75) is 0 Å². The van der Waals surface area contributed by atoms with Gasteiger partial charge in [0.25, 0.3) is 5.91 Å². The van der Waals surface area contributed by atoms with Gasteiger partial charge < -0.3 is 11.1 Å². The van der Waals surface area contributed by atoms with Crippen molar-refractivity contribution in [3.63, 3.8) is 0 Å². The monoisotopic (exact) mass is 292 g/mol. The maximum Gasteiger partial charge on any atom is 0.255 e. The van der Waals surface area contributed by atoms with Gasteiger partial charge in [0.15, 0.2) is 0 Å². The zero-order valence-electron chi connectivity index (χ0n) is 10.2. The van der Waals surface area contributed by atoms with Crippen LogP contribution >= 0.6 is 11.6 Å². The van der Waals surface area contributed by atoms with E-state index in [9.17, 15) is 14.0 Å². The van der Waals surface area contributed by atoms with E-state index in [4.69, 9.17) is 17.3 Å². The Morgan fingerprint density at radius 2 is 1.75 bits per heavy atom. The molecule has 6 heteroatoms. The second-order valence-corrected chi connectivity index (χ2v) is 4.43. The van der Waals surface area contributed by atoms with E-state index in [2.05, 4.69) is 5.32 Å². The zero-order chi connectivity index (χ0) is 14.7. The number of carbonyl (C=O) groups is 2. The summed E-state index contributed by atoms with van der Waals surface area (Å²) in [5.74, 6) is -1.54. The summed E-state index contributed by atoms with van der Waals surface area (Å²) in [6.45, 7) is 0. The number of primary amides is 1. The van der Waals surface area contributed by atoms with Crippen LogP contribution in [0.15, 0.2) is 42.5 Å². The summed E-state index contributed by atoms with van der Waals surface area (Å²) in [4.78, 5) is 23.1. The van der Waals surface area contributed by atoms with Gasteiger partial charge in [0.1, 0.15) is 5.82 Å². The molecule has 0 fully saturated rings. The van der Waals surface area contributed by atoms with Crippen molar-refractivity contribution >= 4 is 29.1 Å². The van der Waals surface area contributed by atoms with Crippen LogP contribution in [0.25, 0.3) is 0 Å². The Labute approximate surface area is 119 Å². The molecule has 3 N–H and O–H groups in total. The van der Waals surface area contributed by atoms with Crippen LogP contribution < -0.4 is 11.1 Å². The molecule has 2 rings (SSSR count). The second-order valence-electron chi connectivity index (χ2n) is 4.02. The van der Waals surface area contributed by atoms with E-state index < -0.39 is 17.6 Å². The summed E-state index contributed by atoms with van der Waals surface area (Å²) in [5.41, 5.74) is 5.94. The van der Waals surface area contributed by atoms with E-state index in [0.717, 1.165) is 0 Å². The predicted octanol–water partition coefficient (Wildman–Crippen LogP) is 2.83. The van der Waals surface area contributed by atoms with Crippen molar-refractivity contribution in [3.8, 4) is 0 Å². The fourth-order valence-corrected chi connectivity index (χ4v) is 1.81. The lowest BCUT2D eigenvalue weighted by molar-refractivity contribution is 0.0996. The molecule has 0 atom stereocenters. The van der Waals surface area contributed by atoms with Crippen LogP contribution in [0.2, 0.25) is 5.02 Å². The maximum atomic E-state index is 12.8. The third-order valence-electron chi connectivity index (χ3n) is 2.60. The van der Waals surface area contributed by atoms with Crippen LogP contribution in [0.3, 0.4) is 0 Å². The largest absolute Gasteiger partial charge is 0.366 e. The maximum absolute atomic E-state index is 12.8. The number of halogens is 2. The van der Waals surface area contributed by atoms with Crippen molar-refractivity contribution in [3.05, 3.63) is 64.4 Å². The Morgan fingerprint density at radius 1 is 1.10 bits per heavy atom. The number of nitrogens with two attached hydrogens (primary N) is 1. The van der Waals surface area contributed by atoms with E-state index in [1.54, 1.807) is 0 Å². The molecule has 4 nitrogen and oxygen atoms in total. The highest BCUT2D eigenvalue weighted by molar-refractivity contribution is 6.34. The number of rotatable bonds is 3. The number of hydrogen-bond acceptors (Lipinski definition) is 2. The Balaban J connectivity index is 2.21. The van der Waals surface area contributed by atoms with Crippen LogP contribution in [0.1, 0.15) is 20.7 Å². The molecule has 2 aromatic rings. The van der Waals surface area contributed by atoms with Gasteiger partial charge in [-0.3, -0.25) is 9.59 Å². The highest BCUT2D eigenvalue weighted by Gasteiger charge is 2.10. The number of hydrogen-bond donors (Lipinski definition) is 2. The molecule has 0 bridgehead atoms. The predicted molar refractivity (Wildman–Crippen MR) is 74.3 cm³/mol. The van der Waals surface area contributed by atoms with E-state index in [-0.39, 0.29) is 10.6 Å². The van der Waals surface area contributed by atoms with Crippen molar-refractivity contribution in [2.24, 2.45) is 5.73 Å². The van der Waals surface area contributed by atoms with Gasteiger partial charge in [-0.25, -0.2) is 4.39 Å². The first-order chi connectivity index (χ1) is 9.47. The van der Waals surface area contributed by atoms with Crippen molar-refractivity contribution in [1.29, 1.82) is 0 Å². The van der Waals surface area contributed by atoms with Gasteiger partial charge in [0, 0.05) is 11.3 Å². The third-order valence-corrected chi connectivity index (χ3v) is 2.93. The van der Waals surface area contributed by atoms with Crippen LogP contribution in [0.4, 0.5) is 10.1 Å². The quantitative estimate of drug-likeness (QED) is 0.913. The zero-order valence-corrected chi connectivity index (χ0v) is 10.9. The summed E-state index contributed by atoms with van der Waals surface area (Å²) in [6.07, 6.45) is 0. The summed E-state index contributed by atoms with van der Waals surface area (Å²) in [6, 6.07) is 9.46. The van der Waals surface area contributed by atoms with Gasteiger partial charge in [-0.05, 0) is 42.5 Å². The number of carbonyl (C=O) groups excluding carboxylic acids is 2. The molecule has 20 heavy (non-hydrogen) atoms. The molecular weight excluding hydrogens is 283 g/mol. The molecule has 0 aromatic heterocycles. The molecular formula is C14H10ClFN2O2. The van der Waals surface area contributed by atoms with Gasteiger partial charge in [-0.2, -0.15) is 0 Å². The average molecular weight is 293 g/mol. The number of benzene rings is 2. The fourth-order valence-electron chi connectivity index (χ4n) is 1.60. The Morgan fingerprint density at radius 3 is 2.35 bits per heavy atom. The topological polar surface area (TPSA) is 72.2 Å². The van der Waals surface area contributed by atoms with Crippen LogP contribution in [0, 0.1) is 5.82 Å². The molecule has 0 spiro atoms. The van der Waals surface area contributed by atoms with Gasteiger partial charge in [0.2, 0.25) is 5.91 Å². The average Bonchev–Trinajstić information content (AvgIpc) is 2.41. The minimum Gasteiger partial charge on any atom is -0.366 e.